The Balaban J connectivity index is 0. The number of hydrogen-bond donors (Lipinski definition) is 4. The number of aliphatic carboxylic acids is 1. The summed E-state index contributed by atoms with van der Waals surface area (Å²) in [5.74, 6) is -1.12. The Morgan fingerprint density at radius 2 is 2.00 bits per heavy atom. The van der Waals surface area contributed by atoms with Gasteiger partial charge in [0, 0.05) is 25.1 Å². The number of rotatable bonds is 5. The number of thiol groups is 1. The third kappa shape index (κ3) is 11.6. The molecule has 3 N–H and O–H groups in total. The number of aliphatic hydroxyl groups excluding tert-OH is 1. The van der Waals surface area contributed by atoms with Crippen molar-refractivity contribution in [1.29, 1.82) is 0 Å². The molecule has 5 nitrogen and oxygen atoms in total. The van der Waals surface area contributed by atoms with Gasteiger partial charge in [0.05, 0.1) is 12.0 Å². The Morgan fingerprint density at radius 1 is 1.50 bits per heavy atom. The van der Waals surface area contributed by atoms with Crippen LogP contribution in [0.4, 0.5) is 0 Å². The van der Waals surface area contributed by atoms with Crippen molar-refractivity contribution >= 4 is 36.1 Å². The Morgan fingerprint density at radius 3 is 2.12 bits per heavy atom. The summed E-state index contributed by atoms with van der Waals surface area (Å²) in [6.45, 7) is 3.57. The Labute approximate surface area is 106 Å². The molecule has 2 atom stereocenters. The van der Waals surface area contributed by atoms with Gasteiger partial charge >= 0.3 is 5.97 Å². The fourth-order valence-electron chi connectivity index (χ4n) is 0.530. The zero-order valence-electron chi connectivity index (χ0n) is 9.31. The van der Waals surface area contributed by atoms with Gasteiger partial charge in [0.2, 0.25) is 5.91 Å². The van der Waals surface area contributed by atoms with Gasteiger partial charge in [-0.1, -0.05) is 0 Å². The van der Waals surface area contributed by atoms with Crippen LogP contribution in [-0.4, -0.2) is 46.4 Å². The Hall–Kier alpha value is -0.460. The second-order valence-corrected chi connectivity index (χ2v) is 3.81. The van der Waals surface area contributed by atoms with Crippen LogP contribution in [0.3, 0.4) is 0 Å². The van der Waals surface area contributed by atoms with Crippen LogP contribution in [-0.2, 0) is 9.59 Å². The molecule has 0 heterocycles. The van der Waals surface area contributed by atoms with Crippen LogP contribution in [0, 0.1) is 5.92 Å². The van der Waals surface area contributed by atoms with Gasteiger partial charge in [0.1, 0.15) is 0 Å². The minimum absolute atomic E-state index is 0.00838. The van der Waals surface area contributed by atoms with Gasteiger partial charge in [0.15, 0.2) is 0 Å². The van der Waals surface area contributed by atoms with Crippen molar-refractivity contribution in [2.45, 2.75) is 20.0 Å². The van der Waals surface area contributed by atoms with E-state index in [2.05, 4.69) is 17.9 Å². The summed E-state index contributed by atoms with van der Waals surface area (Å²) < 4.78 is 0. The first-order valence-corrected chi connectivity index (χ1v) is 5.85. The van der Waals surface area contributed by atoms with Crippen LogP contribution < -0.4 is 5.32 Å². The number of alkyl halides is 1. The van der Waals surface area contributed by atoms with Gasteiger partial charge in [-0.2, -0.15) is 12.6 Å². The minimum Gasteiger partial charge on any atom is -0.481 e. The molecule has 0 aromatic heterocycles. The van der Waals surface area contributed by atoms with Crippen molar-refractivity contribution < 1.29 is 19.8 Å². The van der Waals surface area contributed by atoms with E-state index in [4.69, 9.17) is 21.8 Å². The van der Waals surface area contributed by atoms with Gasteiger partial charge in [-0.3, -0.25) is 9.59 Å². The lowest BCUT2D eigenvalue weighted by Gasteiger charge is -2.09. The van der Waals surface area contributed by atoms with E-state index < -0.39 is 18.0 Å². The molecular weight excluding hydrogens is 254 g/mol. The third-order valence-electron chi connectivity index (χ3n) is 1.61. The number of amides is 1. The smallest absolute Gasteiger partial charge is 0.308 e. The Bertz CT molecular complexity index is 216. The lowest BCUT2D eigenvalue weighted by Crippen LogP contribution is -2.26. The average molecular weight is 272 g/mol. The molecule has 1 amide bonds. The van der Waals surface area contributed by atoms with Gasteiger partial charge in [-0.05, 0) is 6.92 Å². The molecule has 0 aromatic carbocycles. The van der Waals surface area contributed by atoms with Crippen LogP contribution in [0.2, 0.25) is 0 Å². The van der Waals surface area contributed by atoms with E-state index in [0.29, 0.717) is 12.3 Å². The van der Waals surface area contributed by atoms with Gasteiger partial charge in [0.25, 0.3) is 0 Å². The van der Waals surface area contributed by atoms with E-state index in [1.54, 1.807) is 0 Å². The fourth-order valence-corrected chi connectivity index (χ4v) is 0.909. The molecule has 0 fully saturated rings. The summed E-state index contributed by atoms with van der Waals surface area (Å²) in [6, 6.07) is 0. The molecule has 0 rings (SSSR count). The second kappa shape index (κ2) is 11.0. The Kier molecular flexibility index (Phi) is 12.4. The highest BCUT2D eigenvalue weighted by molar-refractivity contribution is 7.80. The highest BCUT2D eigenvalue weighted by atomic mass is 35.5. The maximum absolute atomic E-state index is 10.1. The number of carboxylic acids is 1. The van der Waals surface area contributed by atoms with E-state index in [-0.39, 0.29) is 11.8 Å². The lowest BCUT2D eigenvalue weighted by molar-refractivity contribution is -0.144. The molecule has 0 saturated carbocycles. The van der Waals surface area contributed by atoms with Gasteiger partial charge in [-0.15, -0.1) is 11.6 Å². The largest absolute Gasteiger partial charge is 0.481 e. The zero-order chi connectivity index (χ0) is 13.1. The number of hydrogen-bond acceptors (Lipinski definition) is 4. The first kappa shape index (κ1) is 17.9. The van der Waals surface area contributed by atoms with Crippen molar-refractivity contribution in [2.75, 3.05) is 18.2 Å². The number of carbonyl (C=O) groups excluding carboxylic acids is 1. The molecule has 0 spiro atoms. The molecule has 2 unspecified atom stereocenters. The van der Waals surface area contributed by atoms with Crippen LogP contribution >= 0.6 is 24.2 Å². The van der Waals surface area contributed by atoms with Crippen molar-refractivity contribution in [3.63, 3.8) is 0 Å². The molecule has 16 heavy (non-hydrogen) atoms. The molecule has 96 valence electrons. The van der Waals surface area contributed by atoms with Crippen LogP contribution in [0.15, 0.2) is 0 Å². The zero-order valence-corrected chi connectivity index (χ0v) is 11.0. The molecule has 0 aliphatic heterocycles. The van der Waals surface area contributed by atoms with Crippen LogP contribution in [0.25, 0.3) is 0 Å². The van der Waals surface area contributed by atoms with E-state index in [1.807, 2.05) is 0 Å². The van der Waals surface area contributed by atoms with Crippen LogP contribution in [0.1, 0.15) is 13.8 Å². The maximum atomic E-state index is 10.1. The fraction of sp³-hybridized carbons (Fsp3) is 0.778. The topological polar surface area (TPSA) is 86.6 Å². The predicted octanol–water partition coefficient (Wildman–Crippen LogP) is 0.359. The first-order valence-electron chi connectivity index (χ1n) is 4.68. The SMILES string of the molecule is CC(=O)NCCS.CC(C(=O)O)C(O)CCl. The molecule has 0 bridgehead atoms. The van der Waals surface area contributed by atoms with Crippen molar-refractivity contribution in [2.24, 2.45) is 5.92 Å². The van der Waals surface area contributed by atoms with Crippen molar-refractivity contribution in [3.05, 3.63) is 0 Å². The maximum Gasteiger partial charge on any atom is 0.308 e. The summed E-state index contributed by atoms with van der Waals surface area (Å²) in [5, 5.41) is 19.6. The molecule has 0 aromatic rings. The summed E-state index contributed by atoms with van der Waals surface area (Å²) in [7, 11) is 0. The molecule has 0 saturated heterocycles. The van der Waals surface area contributed by atoms with E-state index >= 15 is 0 Å². The number of nitrogens with one attached hydrogen (secondary N) is 1. The molecule has 0 radical (unpaired) electrons. The summed E-state index contributed by atoms with van der Waals surface area (Å²) in [5.41, 5.74) is 0. The number of carboxylic acid groups (broad SMARTS) is 1. The number of aliphatic hydroxyl groups is 1. The summed E-state index contributed by atoms with van der Waals surface area (Å²) >= 11 is 9.06. The number of carbonyl (C=O) groups is 2. The molecule has 0 aliphatic carbocycles. The highest BCUT2D eigenvalue weighted by Crippen LogP contribution is 2.03. The van der Waals surface area contributed by atoms with Gasteiger partial charge < -0.3 is 15.5 Å². The van der Waals surface area contributed by atoms with Crippen molar-refractivity contribution in [3.8, 4) is 0 Å². The molecule has 0 aliphatic rings. The minimum atomic E-state index is -1.02. The average Bonchev–Trinajstić information content (AvgIpc) is 2.24. The second-order valence-electron chi connectivity index (χ2n) is 3.06. The third-order valence-corrected chi connectivity index (χ3v) is 2.15. The number of halogens is 1. The van der Waals surface area contributed by atoms with E-state index in [1.165, 1.54) is 13.8 Å². The standard InChI is InChI=1S/C5H9ClO3.C4H9NOS/c1-3(5(8)9)4(7)2-6;1-4(6)5-2-3-7/h3-4,7H,2H2,1H3,(H,8,9);7H,2-3H2,1H3,(H,5,6). The highest BCUT2D eigenvalue weighted by Gasteiger charge is 2.19. The van der Waals surface area contributed by atoms with E-state index in [9.17, 15) is 9.59 Å². The summed E-state index contributed by atoms with van der Waals surface area (Å²) in [4.78, 5) is 20.1. The van der Waals surface area contributed by atoms with Gasteiger partial charge in [-0.25, -0.2) is 0 Å². The lowest BCUT2D eigenvalue weighted by atomic mass is 10.1. The first-order chi connectivity index (χ1) is 7.36. The predicted molar refractivity (Wildman–Crippen MR) is 66.1 cm³/mol. The molecular formula is C9H18ClNO4S. The summed E-state index contributed by atoms with van der Waals surface area (Å²) in [6.07, 6.45) is -0.941. The monoisotopic (exact) mass is 271 g/mol. The van der Waals surface area contributed by atoms with Crippen LogP contribution in [0.5, 0.6) is 0 Å². The van der Waals surface area contributed by atoms with Crippen molar-refractivity contribution in [1.82, 2.24) is 5.32 Å². The van der Waals surface area contributed by atoms with E-state index in [0.717, 1.165) is 0 Å². The quantitative estimate of drug-likeness (QED) is 0.430. The normalized spacial score (nSPS) is 13.1. The molecule has 7 heteroatoms.